The van der Waals surface area contributed by atoms with E-state index < -0.39 is 10.8 Å². The smallest absolute Gasteiger partial charge is 0.252 e. The molecule has 2 rings (SSSR count). The molecule has 1 aliphatic carbocycles. The van der Waals surface area contributed by atoms with Crippen LogP contribution in [-0.4, -0.2) is 52.8 Å². The summed E-state index contributed by atoms with van der Waals surface area (Å²) in [7, 11) is -0.744. The second-order valence-electron chi connectivity index (χ2n) is 6.80. The van der Waals surface area contributed by atoms with Gasteiger partial charge in [-0.1, -0.05) is 37.1 Å². The largest absolute Gasteiger partial charge is 0.357 e. The van der Waals surface area contributed by atoms with Gasteiger partial charge < -0.3 is 16.0 Å². The number of amides is 1. The van der Waals surface area contributed by atoms with Crippen molar-refractivity contribution in [1.82, 2.24) is 16.0 Å². The molecule has 28 heavy (non-hydrogen) atoms. The Morgan fingerprint density at radius 3 is 2.75 bits per heavy atom. The molecule has 1 amide bonds. The van der Waals surface area contributed by atoms with Crippen LogP contribution in [0, 0.1) is 0 Å². The first-order valence-electron chi connectivity index (χ1n) is 9.99. The van der Waals surface area contributed by atoms with Crippen molar-refractivity contribution in [1.29, 1.82) is 0 Å². The zero-order valence-electron chi connectivity index (χ0n) is 16.7. The van der Waals surface area contributed by atoms with Crippen molar-refractivity contribution in [3.05, 3.63) is 34.9 Å². The summed E-state index contributed by atoms with van der Waals surface area (Å²) in [4.78, 5) is 16.7. The summed E-state index contributed by atoms with van der Waals surface area (Å²) in [5.41, 5.74) is 0.468. The maximum Gasteiger partial charge on any atom is 0.252 e. The van der Waals surface area contributed by atoms with Crippen LogP contribution in [0.25, 0.3) is 0 Å². The summed E-state index contributed by atoms with van der Waals surface area (Å²) in [5.74, 6) is 1.26. The standard InChI is InChI=1S/C20H31ClN4O2S/c1-3-22-20(25-15-8-7-9-16(14-15)28(27)4-2)24-13-12-23-19(26)17-10-5-6-11-18(17)21/h5-6,10-11,15-16H,3-4,7-9,12-14H2,1-2H3,(H,23,26)(H2,22,24,25). The molecule has 0 heterocycles. The monoisotopic (exact) mass is 426 g/mol. The predicted molar refractivity (Wildman–Crippen MR) is 118 cm³/mol. The number of aliphatic imine (C=N–C) groups is 1. The van der Waals surface area contributed by atoms with Crippen molar-refractivity contribution in [2.24, 2.45) is 4.99 Å². The maximum absolute atomic E-state index is 12.2. The molecule has 0 radical (unpaired) electrons. The van der Waals surface area contributed by atoms with Crippen LogP contribution >= 0.6 is 11.6 Å². The van der Waals surface area contributed by atoms with Gasteiger partial charge in [0.1, 0.15) is 0 Å². The van der Waals surface area contributed by atoms with Crippen LogP contribution < -0.4 is 16.0 Å². The summed E-state index contributed by atoms with van der Waals surface area (Å²) in [5, 5.41) is 10.3. The summed E-state index contributed by atoms with van der Waals surface area (Å²) < 4.78 is 12.1. The van der Waals surface area contributed by atoms with Gasteiger partial charge in [0, 0.05) is 40.9 Å². The van der Waals surface area contributed by atoms with Gasteiger partial charge in [-0.25, -0.2) is 0 Å². The molecule has 3 atom stereocenters. The zero-order chi connectivity index (χ0) is 20.4. The third kappa shape index (κ3) is 7.09. The molecular weight excluding hydrogens is 396 g/mol. The van der Waals surface area contributed by atoms with E-state index in [2.05, 4.69) is 20.9 Å². The van der Waals surface area contributed by atoms with Gasteiger partial charge in [-0.05, 0) is 38.3 Å². The maximum atomic E-state index is 12.2. The molecule has 1 aromatic carbocycles. The Hall–Kier alpha value is -1.60. The quantitative estimate of drug-likeness (QED) is 0.339. The van der Waals surface area contributed by atoms with Crippen molar-refractivity contribution < 1.29 is 9.00 Å². The molecule has 0 aliphatic heterocycles. The number of nitrogens with one attached hydrogen (secondary N) is 3. The Bertz CT molecular complexity index is 699. The highest BCUT2D eigenvalue weighted by Crippen LogP contribution is 2.23. The predicted octanol–water partition coefficient (Wildman–Crippen LogP) is 2.70. The molecule has 6 nitrogen and oxygen atoms in total. The number of halogens is 1. The Kier molecular flexibility index (Phi) is 9.78. The highest BCUT2D eigenvalue weighted by Gasteiger charge is 2.26. The number of carbonyl (C=O) groups is 1. The van der Waals surface area contributed by atoms with Gasteiger partial charge in [0.2, 0.25) is 0 Å². The van der Waals surface area contributed by atoms with E-state index in [1.54, 1.807) is 24.3 Å². The van der Waals surface area contributed by atoms with Crippen LogP contribution in [0.1, 0.15) is 49.9 Å². The fourth-order valence-corrected chi connectivity index (χ4v) is 4.91. The first-order chi connectivity index (χ1) is 13.5. The first-order valence-corrected chi connectivity index (χ1v) is 11.8. The molecule has 3 N–H and O–H groups in total. The Morgan fingerprint density at radius 1 is 1.25 bits per heavy atom. The Balaban J connectivity index is 1.84. The third-order valence-electron chi connectivity index (χ3n) is 4.75. The molecule has 0 bridgehead atoms. The Labute approximate surface area is 175 Å². The lowest BCUT2D eigenvalue weighted by Gasteiger charge is -2.30. The number of hydrogen-bond donors (Lipinski definition) is 3. The van der Waals surface area contributed by atoms with Gasteiger partial charge in [0.15, 0.2) is 5.96 Å². The van der Waals surface area contributed by atoms with Crippen molar-refractivity contribution in [2.45, 2.75) is 50.8 Å². The van der Waals surface area contributed by atoms with Crippen molar-refractivity contribution in [2.75, 3.05) is 25.4 Å². The minimum absolute atomic E-state index is 0.198. The van der Waals surface area contributed by atoms with E-state index in [-0.39, 0.29) is 17.2 Å². The summed E-state index contributed by atoms with van der Waals surface area (Å²) >= 11 is 6.05. The van der Waals surface area contributed by atoms with Crippen LogP contribution in [-0.2, 0) is 10.8 Å². The van der Waals surface area contributed by atoms with Gasteiger partial charge in [0.25, 0.3) is 5.91 Å². The lowest BCUT2D eigenvalue weighted by molar-refractivity contribution is 0.0955. The molecule has 1 aromatic rings. The van der Waals surface area contributed by atoms with E-state index in [9.17, 15) is 9.00 Å². The van der Waals surface area contributed by atoms with E-state index >= 15 is 0 Å². The number of rotatable bonds is 8. The zero-order valence-corrected chi connectivity index (χ0v) is 18.2. The lowest BCUT2D eigenvalue weighted by atomic mass is 9.95. The average Bonchev–Trinajstić information content (AvgIpc) is 2.71. The number of nitrogens with zero attached hydrogens (tertiary/aromatic N) is 1. The SMILES string of the molecule is CCNC(=NCCNC(=O)c1ccccc1Cl)NC1CCCC(S(=O)CC)C1. The van der Waals surface area contributed by atoms with E-state index in [1.165, 1.54) is 0 Å². The minimum Gasteiger partial charge on any atom is -0.357 e. The number of carbonyl (C=O) groups excluding carboxylic acids is 1. The summed E-state index contributed by atoms with van der Waals surface area (Å²) in [6.45, 7) is 5.65. The van der Waals surface area contributed by atoms with E-state index in [4.69, 9.17) is 11.6 Å². The van der Waals surface area contributed by atoms with Gasteiger partial charge in [-0.2, -0.15) is 0 Å². The van der Waals surface area contributed by atoms with Crippen molar-refractivity contribution in [3.63, 3.8) is 0 Å². The fourth-order valence-electron chi connectivity index (χ4n) is 3.34. The molecule has 1 fully saturated rings. The molecule has 0 spiro atoms. The van der Waals surface area contributed by atoms with Crippen LogP contribution in [0.4, 0.5) is 0 Å². The van der Waals surface area contributed by atoms with Crippen LogP contribution in [0.15, 0.2) is 29.3 Å². The molecule has 1 aliphatic rings. The van der Waals surface area contributed by atoms with E-state index in [1.807, 2.05) is 13.8 Å². The third-order valence-corrected chi connectivity index (χ3v) is 6.82. The van der Waals surface area contributed by atoms with E-state index in [0.29, 0.717) is 23.7 Å². The Morgan fingerprint density at radius 2 is 2.04 bits per heavy atom. The number of benzene rings is 1. The van der Waals surface area contributed by atoms with Gasteiger partial charge in [-0.3, -0.25) is 14.0 Å². The highest BCUT2D eigenvalue weighted by atomic mass is 35.5. The second kappa shape index (κ2) is 12.1. The lowest BCUT2D eigenvalue weighted by Crippen LogP contribution is -2.47. The van der Waals surface area contributed by atoms with Crippen molar-refractivity contribution in [3.8, 4) is 0 Å². The average molecular weight is 427 g/mol. The minimum atomic E-state index is -0.744. The normalized spacial score (nSPS) is 21.0. The number of hydrogen-bond acceptors (Lipinski definition) is 3. The highest BCUT2D eigenvalue weighted by molar-refractivity contribution is 7.85. The first kappa shape index (κ1) is 22.7. The molecule has 1 saturated carbocycles. The van der Waals surface area contributed by atoms with Gasteiger partial charge in [0.05, 0.1) is 17.1 Å². The molecule has 156 valence electrons. The second-order valence-corrected chi connectivity index (χ2v) is 9.21. The van der Waals surface area contributed by atoms with Crippen molar-refractivity contribution >= 4 is 34.3 Å². The van der Waals surface area contributed by atoms with Crippen LogP contribution in [0.2, 0.25) is 5.02 Å². The molecule has 3 unspecified atom stereocenters. The molecule has 8 heteroatoms. The molecular formula is C20H31ClN4O2S. The van der Waals surface area contributed by atoms with Gasteiger partial charge >= 0.3 is 0 Å². The molecule has 0 saturated heterocycles. The summed E-state index contributed by atoms with van der Waals surface area (Å²) in [6, 6.07) is 7.26. The topological polar surface area (TPSA) is 82.6 Å². The van der Waals surface area contributed by atoms with Gasteiger partial charge in [-0.15, -0.1) is 0 Å². The van der Waals surface area contributed by atoms with Crippen LogP contribution in [0.5, 0.6) is 0 Å². The number of guanidine groups is 1. The molecule has 0 aromatic heterocycles. The fraction of sp³-hybridized carbons (Fsp3) is 0.600. The van der Waals surface area contributed by atoms with Crippen LogP contribution in [0.3, 0.4) is 0 Å². The van der Waals surface area contributed by atoms with E-state index in [0.717, 1.165) is 43.9 Å². The summed E-state index contributed by atoms with van der Waals surface area (Å²) in [6.07, 6.45) is 4.10.